The Morgan fingerprint density at radius 2 is 2.12 bits per heavy atom. The third-order valence-electron chi connectivity index (χ3n) is 4.94. The number of aryl methyl sites for hydroxylation is 1. The summed E-state index contributed by atoms with van der Waals surface area (Å²) in [6.07, 6.45) is 2.21. The third-order valence-corrected chi connectivity index (χ3v) is 5.76. The van der Waals surface area contributed by atoms with E-state index in [1.54, 1.807) is 25.4 Å². The number of thiazole rings is 1. The van der Waals surface area contributed by atoms with Crippen LogP contribution in [0.15, 0.2) is 5.38 Å². The van der Waals surface area contributed by atoms with Crippen LogP contribution in [0.3, 0.4) is 0 Å². The van der Waals surface area contributed by atoms with Crippen molar-refractivity contribution in [2.75, 3.05) is 20.2 Å². The lowest BCUT2D eigenvalue weighted by Gasteiger charge is -2.37. The highest BCUT2D eigenvalue weighted by atomic mass is 32.1. The number of aromatic nitrogens is 1. The summed E-state index contributed by atoms with van der Waals surface area (Å²) in [5, 5.41) is 13.3. The molecule has 1 aliphatic carbocycles. The van der Waals surface area contributed by atoms with E-state index in [9.17, 15) is 4.79 Å². The summed E-state index contributed by atoms with van der Waals surface area (Å²) in [6, 6.07) is 0.158. The molecule has 0 spiro atoms. The molecule has 8 heteroatoms. The van der Waals surface area contributed by atoms with Gasteiger partial charge in [0.25, 0.3) is 6.47 Å². The van der Waals surface area contributed by atoms with Crippen molar-refractivity contribution < 1.29 is 19.4 Å². The number of methoxy groups -OCH3 is 1. The molecule has 1 amide bonds. The predicted octanol–water partition coefficient (Wildman–Crippen LogP) is 1.51. The summed E-state index contributed by atoms with van der Waals surface area (Å²) in [7, 11) is 1.75. The first-order valence-corrected chi connectivity index (χ1v) is 9.35. The normalized spacial score (nSPS) is 28.6. The molecule has 7 nitrogen and oxygen atoms in total. The summed E-state index contributed by atoms with van der Waals surface area (Å²) in [5.74, 6) is 1.37. The SMILES string of the molecule is CO[C@@H]1C[C@H]2CN(Cc3csc(C)n3)C[C@H]2C[C@H]1NC(C)=O.O=CO. The van der Waals surface area contributed by atoms with E-state index in [0.717, 1.165) is 37.5 Å². The van der Waals surface area contributed by atoms with Gasteiger partial charge in [-0.05, 0) is 31.6 Å². The van der Waals surface area contributed by atoms with Crippen molar-refractivity contribution in [1.29, 1.82) is 0 Å². The summed E-state index contributed by atoms with van der Waals surface area (Å²) in [5.41, 5.74) is 1.18. The van der Waals surface area contributed by atoms with Gasteiger partial charge in [-0.15, -0.1) is 11.3 Å². The number of carbonyl (C=O) groups is 2. The molecule has 2 aliphatic rings. The van der Waals surface area contributed by atoms with Gasteiger partial charge in [-0.1, -0.05) is 0 Å². The van der Waals surface area contributed by atoms with Crippen LogP contribution < -0.4 is 5.32 Å². The van der Waals surface area contributed by atoms with Gasteiger partial charge in [0.1, 0.15) is 0 Å². The van der Waals surface area contributed by atoms with Crippen LogP contribution in [-0.4, -0.2) is 59.7 Å². The smallest absolute Gasteiger partial charge is 0.290 e. The van der Waals surface area contributed by atoms with Crippen molar-refractivity contribution in [2.45, 2.75) is 45.4 Å². The largest absolute Gasteiger partial charge is 0.483 e. The summed E-state index contributed by atoms with van der Waals surface area (Å²) in [6.45, 7) is 6.56. The Hall–Kier alpha value is -1.51. The molecular formula is C17H27N3O4S. The summed E-state index contributed by atoms with van der Waals surface area (Å²) >= 11 is 1.72. The van der Waals surface area contributed by atoms with Crippen molar-refractivity contribution >= 4 is 23.7 Å². The number of hydrogen-bond donors (Lipinski definition) is 2. The van der Waals surface area contributed by atoms with E-state index in [4.69, 9.17) is 14.6 Å². The summed E-state index contributed by atoms with van der Waals surface area (Å²) < 4.78 is 5.63. The third kappa shape index (κ3) is 5.49. The molecule has 1 aromatic heterocycles. The molecule has 2 fully saturated rings. The van der Waals surface area contributed by atoms with E-state index >= 15 is 0 Å². The molecular weight excluding hydrogens is 342 g/mol. The molecule has 4 atom stereocenters. The van der Waals surface area contributed by atoms with Crippen LogP contribution in [0, 0.1) is 18.8 Å². The van der Waals surface area contributed by atoms with Gasteiger partial charge in [0, 0.05) is 39.0 Å². The first-order chi connectivity index (χ1) is 12.0. The number of carbonyl (C=O) groups excluding carboxylic acids is 1. The predicted molar refractivity (Wildman–Crippen MR) is 95.4 cm³/mol. The average molecular weight is 369 g/mol. The lowest BCUT2D eigenvalue weighted by atomic mass is 9.77. The average Bonchev–Trinajstić information content (AvgIpc) is 3.12. The molecule has 140 valence electrons. The lowest BCUT2D eigenvalue weighted by Crippen LogP contribution is -2.49. The number of carboxylic acid groups (broad SMARTS) is 1. The zero-order valence-corrected chi connectivity index (χ0v) is 15.8. The molecule has 0 aromatic carbocycles. The maximum absolute atomic E-state index is 11.4. The monoisotopic (exact) mass is 369 g/mol. The van der Waals surface area contributed by atoms with E-state index < -0.39 is 0 Å². The van der Waals surface area contributed by atoms with Crippen LogP contribution in [0.25, 0.3) is 0 Å². The number of nitrogens with zero attached hydrogens (tertiary/aromatic N) is 2. The van der Waals surface area contributed by atoms with E-state index in [-0.39, 0.29) is 24.5 Å². The Morgan fingerprint density at radius 3 is 2.64 bits per heavy atom. The van der Waals surface area contributed by atoms with Crippen LogP contribution in [0.2, 0.25) is 0 Å². The second-order valence-electron chi connectivity index (χ2n) is 6.73. The van der Waals surface area contributed by atoms with E-state index in [1.807, 2.05) is 0 Å². The molecule has 0 radical (unpaired) electrons. The quantitative estimate of drug-likeness (QED) is 0.782. The Balaban J connectivity index is 0.000000701. The standard InChI is InChI=1S/C16H25N3O2S.CH2O2/c1-10(20)17-15-4-12-6-19(7-13(12)5-16(15)21-3)8-14-9-22-11(2)18-14;2-1-3/h9,12-13,15-16H,4-8H2,1-3H3,(H,17,20);1H,(H,2,3)/t12-,13+,15-,16-;/m1./s1. The van der Waals surface area contributed by atoms with E-state index in [1.165, 1.54) is 5.69 Å². The zero-order valence-electron chi connectivity index (χ0n) is 15.0. The van der Waals surface area contributed by atoms with Gasteiger partial charge >= 0.3 is 0 Å². The minimum absolute atomic E-state index is 0.0401. The van der Waals surface area contributed by atoms with Crippen LogP contribution >= 0.6 is 11.3 Å². The van der Waals surface area contributed by atoms with E-state index in [0.29, 0.717) is 11.8 Å². The van der Waals surface area contributed by atoms with Gasteiger partial charge in [0.05, 0.1) is 22.8 Å². The molecule has 2 N–H and O–H groups in total. The number of hydrogen-bond acceptors (Lipinski definition) is 6. The number of likely N-dealkylation sites (tertiary alicyclic amines) is 1. The minimum atomic E-state index is -0.250. The minimum Gasteiger partial charge on any atom is -0.483 e. The fourth-order valence-corrected chi connectivity index (χ4v) is 4.63. The number of amides is 1. The van der Waals surface area contributed by atoms with Crippen molar-refractivity contribution in [1.82, 2.24) is 15.2 Å². The topological polar surface area (TPSA) is 91.8 Å². The van der Waals surface area contributed by atoms with Gasteiger partial charge in [-0.3, -0.25) is 14.5 Å². The molecule has 25 heavy (non-hydrogen) atoms. The molecule has 1 saturated heterocycles. The lowest BCUT2D eigenvalue weighted by molar-refractivity contribution is -0.123. The van der Waals surface area contributed by atoms with Crippen LogP contribution in [0.4, 0.5) is 0 Å². The molecule has 1 saturated carbocycles. The molecule has 0 unspecified atom stereocenters. The molecule has 1 aliphatic heterocycles. The molecule has 1 aromatic rings. The van der Waals surface area contributed by atoms with Gasteiger partial charge in [0.2, 0.25) is 5.91 Å². The summed E-state index contributed by atoms with van der Waals surface area (Å²) in [4.78, 5) is 26.8. The number of fused-ring (bicyclic) bond motifs is 1. The highest BCUT2D eigenvalue weighted by molar-refractivity contribution is 7.09. The Labute approximate surface area is 152 Å². The Bertz CT molecular complexity index is 580. The van der Waals surface area contributed by atoms with E-state index in [2.05, 4.69) is 27.5 Å². The first-order valence-electron chi connectivity index (χ1n) is 8.47. The first kappa shape index (κ1) is 19.8. The Morgan fingerprint density at radius 1 is 1.48 bits per heavy atom. The van der Waals surface area contributed by atoms with Crippen molar-refractivity contribution in [3.63, 3.8) is 0 Å². The fourth-order valence-electron chi connectivity index (χ4n) is 4.02. The number of rotatable bonds is 4. The van der Waals surface area contributed by atoms with Gasteiger partial charge in [-0.25, -0.2) is 4.98 Å². The highest BCUT2D eigenvalue weighted by Crippen LogP contribution is 2.38. The second-order valence-corrected chi connectivity index (χ2v) is 7.79. The van der Waals surface area contributed by atoms with Crippen molar-refractivity contribution in [2.24, 2.45) is 11.8 Å². The van der Waals surface area contributed by atoms with Crippen molar-refractivity contribution in [3.05, 3.63) is 16.1 Å². The maximum atomic E-state index is 11.4. The zero-order chi connectivity index (χ0) is 18.4. The van der Waals surface area contributed by atoms with Crippen LogP contribution in [0.5, 0.6) is 0 Å². The maximum Gasteiger partial charge on any atom is 0.290 e. The number of ether oxygens (including phenoxy) is 1. The van der Waals surface area contributed by atoms with Crippen molar-refractivity contribution in [3.8, 4) is 0 Å². The van der Waals surface area contributed by atoms with Gasteiger partial charge in [0.15, 0.2) is 0 Å². The molecule has 0 bridgehead atoms. The second kappa shape index (κ2) is 9.26. The van der Waals surface area contributed by atoms with Crippen LogP contribution in [-0.2, 0) is 20.9 Å². The van der Waals surface area contributed by atoms with Gasteiger partial charge < -0.3 is 15.2 Å². The van der Waals surface area contributed by atoms with Gasteiger partial charge in [-0.2, -0.15) is 0 Å². The number of nitrogens with one attached hydrogen (secondary N) is 1. The van der Waals surface area contributed by atoms with Crippen LogP contribution in [0.1, 0.15) is 30.5 Å². The molecule has 2 heterocycles. The Kier molecular flexibility index (Phi) is 7.34. The molecule has 3 rings (SSSR count). The fraction of sp³-hybridized carbons (Fsp3) is 0.706. The highest BCUT2D eigenvalue weighted by Gasteiger charge is 2.42.